The predicted octanol–water partition coefficient (Wildman–Crippen LogP) is 0.898. The van der Waals surface area contributed by atoms with Gasteiger partial charge in [0.1, 0.15) is 12.6 Å². The van der Waals surface area contributed by atoms with E-state index in [1.165, 1.54) is 0 Å². The average Bonchev–Trinajstić information content (AvgIpc) is 2.24. The Balaban J connectivity index is 4.40. The number of carboxylic acid groups (broad SMARTS) is 2. The van der Waals surface area contributed by atoms with Crippen molar-refractivity contribution >= 4 is 18.0 Å². The zero-order valence-corrected chi connectivity index (χ0v) is 10.6. The molecule has 0 aromatic rings. The molecule has 0 saturated heterocycles. The van der Waals surface area contributed by atoms with Gasteiger partial charge in [0, 0.05) is 13.5 Å². The maximum absolute atomic E-state index is 12.1. The van der Waals surface area contributed by atoms with Gasteiger partial charge in [0.05, 0.1) is 0 Å². The second-order valence-electron chi connectivity index (χ2n) is 4.10. The molecule has 0 saturated carbocycles. The molecule has 7 nitrogen and oxygen atoms in total. The van der Waals surface area contributed by atoms with Crippen LogP contribution in [0.2, 0.25) is 0 Å². The van der Waals surface area contributed by atoms with E-state index in [2.05, 4.69) is 0 Å². The number of halogens is 3. The molecule has 0 aliphatic carbocycles. The fourth-order valence-electron chi connectivity index (χ4n) is 1.31. The summed E-state index contributed by atoms with van der Waals surface area (Å²) in [5.41, 5.74) is 0. The van der Waals surface area contributed by atoms with Crippen LogP contribution in [0.25, 0.3) is 0 Å². The van der Waals surface area contributed by atoms with E-state index >= 15 is 0 Å². The third-order valence-corrected chi connectivity index (χ3v) is 2.24. The monoisotopic (exact) mass is 300 g/mol. The summed E-state index contributed by atoms with van der Waals surface area (Å²) in [5, 5.41) is 19.1. The molecule has 0 spiro atoms. The van der Waals surface area contributed by atoms with Gasteiger partial charge in [-0.3, -0.25) is 4.79 Å². The fourth-order valence-corrected chi connectivity index (χ4v) is 1.31. The minimum atomic E-state index is -4.59. The molecule has 0 aliphatic rings. The van der Waals surface area contributed by atoms with Crippen LogP contribution in [0, 0.1) is 0 Å². The highest BCUT2D eigenvalue weighted by molar-refractivity contribution is 5.82. The number of amides is 2. The minimum Gasteiger partial charge on any atom is -0.481 e. The number of aliphatic carboxylic acids is 2. The lowest BCUT2D eigenvalue weighted by Crippen LogP contribution is -2.48. The SMILES string of the molecule is CN(CC(F)(F)F)C(=O)N[C@H](CCCC(=O)O)C(=O)O. The maximum atomic E-state index is 12.1. The van der Waals surface area contributed by atoms with E-state index in [4.69, 9.17) is 10.2 Å². The summed E-state index contributed by atoms with van der Waals surface area (Å²) < 4.78 is 36.2. The van der Waals surface area contributed by atoms with Gasteiger partial charge in [-0.1, -0.05) is 0 Å². The first-order chi connectivity index (χ1) is 9.03. The van der Waals surface area contributed by atoms with Crippen LogP contribution in [0.1, 0.15) is 19.3 Å². The summed E-state index contributed by atoms with van der Waals surface area (Å²) in [5.74, 6) is -2.57. The van der Waals surface area contributed by atoms with Crippen LogP contribution >= 0.6 is 0 Å². The molecule has 1 atom stereocenters. The van der Waals surface area contributed by atoms with Crippen molar-refractivity contribution in [2.45, 2.75) is 31.5 Å². The van der Waals surface area contributed by atoms with Crippen molar-refractivity contribution in [3.05, 3.63) is 0 Å². The Bertz CT molecular complexity index is 372. The number of carboxylic acids is 2. The van der Waals surface area contributed by atoms with Gasteiger partial charge in [0.25, 0.3) is 0 Å². The molecule has 0 aromatic carbocycles. The zero-order chi connectivity index (χ0) is 15.9. The number of rotatable bonds is 7. The Kier molecular flexibility index (Phi) is 6.80. The van der Waals surface area contributed by atoms with Crippen molar-refractivity contribution < 1.29 is 37.8 Å². The van der Waals surface area contributed by atoms with Gasteiger partial charge in [-0.2, -0.15) is 13.2 Å². The van der Waals surface area contributed by atoms with Gasteiger partial charge in [0.2, 0.25) is 0 Å². The van der Waals surface area contributed by atoms with Crippen LogP contribution in [0.15, 0.2) is 0 Å². The summed E-state index contributed by atoms with van der Waals surface area (Å²) in [6.45, 7) is -1.51. The normalized spacial score (nSPS) is 12.6. The van der Waals surface area contributed by atoms with E-state index in [1.807, 2.05) is 5.32 Å². The quantitative estimate of drug-likeness (QED) is 0.647. The molecule has 3 N–H and O–H groups in total. The Hall–Kier alpha value is -2.00. The van der Waals surface area contributed by atoms with Crippen LogP contribution in [0.4, 0.5) is 18.0 Å². The summed E-state index contributed by atoms with van der Waals surface area (Å²) >= 11 is 0. The summed E-state index contributed by atoms with van der Waals surface area (Å²) in [6, 6.07) is -2.62. The number of hydrogen-bond acceptors (Lipinski definition) is 3. The van der Waals surface area contributed by atoms with Crippen LogP contribution in [0.3, 0.4) is 0 Å². The molecule has 0 aliphatic heterocycles. The molecule has 0 bridgehead atoms. The Morgan fingerprint density at radius 1 is 1.25 bits per heavy atom. The number of alkyl halides is 3. The molecule has 0 rings (SSSR count). The van der Waals surface area contributed by atoms with Gasteiger partial charge in [-0.05, 0) is 12.8 Å². The molecular formula is C10H15F3N2O5. The molecule has 0 heterocycles. The Morgan fingerprint density at radius 3 is 2.20 bits per heavy atom. The molecule has 0 radical (unpaired) electrons. The predicted molar refractivity (Wildman–Crippen MR) is 60.1 cm³/mol. The van der Waals surface area contributed by atoms with Crippen molar-refractivity contribution in [1.82, 2.24) is 10.2 Å². The van der Waals surface area contributed by atoms with Crippen molar-refractivity contribution in [3.63, 3.8) is 0 Å². The van der Waals surface area contributed by atoms with Crippen molar-refractivity contribution in [1.29, 1.82) is 0 Å². The number of carbonyl (C=O) groups excluding carboxylic acids is 1. The lowest BCUT2D eigenvalue weighted by atomic mass is 10.1. The highest BCUT2D eigenvalue weighted by atomic mass is 19.4. The summed E-state index contributed by atoms with van der Waals surface area (Å²) in [4.78, 5) is 32.8. The first kappa shape index (κ1) is 18.0. The van der Waals surface area contributed by atoms with Crippen molar-refractivity contribution in [2.24, 2.45) is 0 Å². The first-order valence-corrected chi connectivity index (χ1v) is 5.56. The minimum absolute atomic E-state index is 0.0183. The maximum Gasteiger partial charge on any atom is 0.406 e. The summed E-state index contributed by atoms with van der Waals surface area (Å²) in [6.07, 6.45) is -5.09. The topological polar surface area (TPSA) is 107 Å². The largest absolute Gasteiger partial charge is 0.481 e. The van der Waals surface area contributed by atoms with Crippen LogP contribution in [0.5, 0.6) is 0 Å². The molecular weight excluding hydrogens is 285 g/mol. The number of urea groups is 1. The van der Waals surface area contributed by atoms with Crippen LogP contribution in [-0.4, -0.2) is 58.9 Å². The smallest absolute Gasteiger partial charge is 0.406 e. The molecule has 0 aromatic heterocycles. The standard InChI is InChI=1S/C10H15F3N2O5/c1-15(5-10(11,12)13)9(20)14-6(8(18)19)3-2-4-7(16)17/h6H,2-5H2,1H3,(H,14,20)(H,16,17)(H,18,19)/t6-/m1/s1. The molecule has 0 unspecified atom stereocenters. The van der Waals surface area contributed by atoms with E-state index in [1.54, 1.807) is 0 Å². The van der Waals surface area contributed by atoms with E-state index in [-0.39, 0.29) is 19.3 Å². The molecule has 2 amide bonds. The first-order valence-electron chi connectivity index (χ1n) is 5.56. The van der Waals surface area contributed by atoms with E-state index in [9.17, 15) is 27.6 Å². The number of hydrogen-bond donors (Lipinski definition) is 3. The second kappa shape index (κ2) is 7.56. The lowest BCUT2D eigenvalue weighted by molar-refractivity contribution is -0.141. The second-order valence-corrected chi connectivity index (χ2v) is 4.10. The third-order valence-electron chi connectivity index (χ3n) is 2.24. The fraction of sp³-hybridized carbons (Fsp3) is 0.700. The average molecular weight is 300 g/mol. The molecule has 0 fully saturated rings. The molecule has 116 valence electrons. The zero-order valence-electron chi connectivity index (χ0n) is 10.6. The number of nitrogens with zero attached hydrogens (tertiary/aromatic N) is 1. The van der Waals surface area contributed by atoms with Gasteiger partial charge in [-0.25, -0.2) is 9.59 Å². The van der Waals surface area contributed by atoms with Gasteiger partial charge >= 0.3 is 24.1 Å². The number of nitrogens with one attached hydrogen (secondary N) is 1. The third kappa shape index (κ3) is 8.16. The van der Waals surface area contributed by atoms with Crippen molar-refractivity contribution in [2.75, 3.05) is 13.6 Å². The van der Waals surface area contributed by atoms with Gasteiger partial charge < -0.3 is 20.4 Å². The highest BCUT2D eigenvalue weighted by Gasteiger charge is 2.32. The van der Waals surface area contributed by atoms with E-state index in [0.717, 1.165) is 7.05 Å². The molecule has 10 heteroatoms. The highest BCUT2D eigenvalue weighted by Crippen LogP contribution is 2.15. The Labute approximate surface area is 112 Å². The van der Waals surface area contributed by atoms with E-state index < -0.39 is 36.7 Å². The summed E-state index contributed by atoms with van der Waals surface area (Å²) in [7, 11) is 0.874. The Morgan fingerprint density at radius 2 is 1.80 bits per heavy atom. The van der Waals surface area contributed by atoms with Gasteiger partial charge in [0.15, 0.2) is 0 Å². The lowest BCUT2D eigenvalue weighted by Gasteiger charge is -2.22. The van der Waals surface area contributed by atoms with Crippen molar-refractivity contribution in [3.8, 4) is 0 Å². The van der Waals surface area contributed by atoms with Gasteiger partial charge in [-0.15, -0.1) is 0 Å². The van der Waals surface area contributed by atoms with E-state index in [0.29, 0.717) is 4.90 Å². The van der Waals surface area contributed by atoms with Crippen LogP contribution < -0.4 is 5.32 Å². The van der Waals surface area contributed by atoms with Crippen LogP contribution in [-0.2, 0) is 9.59 Å². The molecule has 20 heavy (non-hydrogen) atoms. The number of carbonyl (C=O) groups is 3.